The van der Waals surface area contributed by atoms with Crippen LogP contribution >= 0.6 is 11.6 Å². The monoisotopic (exact) mass is 274 g/mol. The molecule has 1 rings (SSSR count). The number of nitro groups is 2. The number of nitro benzene ring substituents is 2. The van der Waals surface area contributed by atoms with E-state index in [1.54, 1.807) is 0 Å². The van der Waals surface area contributed by atoms with Gasteiger partial charge in [0.05, 0.1) is 23.4 Å². The van der Waals surface area contributed by atoms with E-state index in [0.717, 1.165) is 19.2 Å². The lowest BCUT2D eigenvalue weighted by molar-refractivity contribution is -0.394. The zero-order chi connectivity index (χ0) is 13.9. The standard InChI is InChI=1S/C9H7ClN2O6/c1-18-8(13)4-5-2-6(11(14)15)9(10)7(3-5)12(16)17/h2-3H,4H2,1H3. The fraction of sp³-hybridized carbons (Fsp3) is 0.222. The number of nitrogens with zero attached hydrogens (tertiary/aromatic N) is 2. The minimum Gasteiger partial charge on any atom is -0.469 e. The van der Waals surface area contributed by atoms with Gasteiger partial charge in [0.1, 0.15) is 0 Å². The molecule has 8 nitrogen and oxygen atoms in total. The van der Waals surface area contributed by atoms with Crippen molar-refractivity contribution in [1.82, 2.24) is 0 Å². The number of methoxy groups -OCH3 is 1. The summed E-state index contributed by atoms with van der Waals surface area (Å²) in [5.74, 6) is -0.666. The molecule has 96 valence electrons. The molecule has 0 aromatic heterocycles. The van der Waals surface area contributed by atoms with Gasteiger partial charge in [-0.05, 0) is 5.56 Å². The Balaban J connectivity index is 3.33. The predicted molar refractivity (Wildman–Crippen MR) is 60.5 cm³/mol. The molecule has 0 unspecified atom stereocenters. The molecule has 0 spiro atoms. The average Bonchev–Trinajstić information content (AvgIpc) is 2.30. The molecule has 0 atom stereocenters. The van der Waals surface area contributed by atoms with Gasteiger partial charge in [0, 0.05) is 12.1 Å². The zero-order valence-electron chi connectivity index (χ0n) is 9.08. The highest BCUT2D eigenvalue weighted by Crippen LogP contribution is 2.35. The summed E-state index contributed by atoms with van der Waals surface area (Å²) in [6.07, 6.45) is -0.310. The number of halogens is 1. The molecule has 0 amide bonds. The van der Waals surface area contributed by atoms with Gasteiger partial charge in [-0.3, -0.25) is 25.0 Å². The van der Waals surface area contributed by atoms with Crippen molar-refractivity contribution in [3.63, 3.8) is 0 Å². The Morgan fingerprint density at radius 1 is 1.28 bits per heavy atom. The maximum Gasteiger partial charge on any atom is 0.309 e. The van der Waals surface area contributed by atoms with Crippen LogP contribution in [0.5, 0.6) is 0 Å². The highest BCUT2D eigenvalue weighted by molar-refractivity contribution is 6.34. The van der Waals surface area contributed by atoms with E-state index in [-0.39, 0.29) is 12.0 Å². The molecule has 0 radical (unpaired) electrons. The van der Waals surface area contributed by atoms with Crippen molar-refractivity contribution in [2.45, 2.75) is 6.42 Å². The van der Waals surface area contributed by atoms with E-state index in [1.165, 1.54) is 0 Å². The van der Waals surface area contributed by atoms with Crippen LogP contribution in [0, 0.1) is 20.2 Å². The first-order valence-electron chi connectivity index (χ1n) is 4.54. The lowest BCUT2D eigenvalue weighted by Gasteiger charge is -2.02. The molecular weight excluding hydrogens is 268 g/mol. The number of rotatable bonds is 4. The summed E-state index contributed by atoms with van der Waals surface area (Å²) in [7, 11) is 1.14. The summed E-state index contributed by atoms with van der Waals surface area (Å²) in [5, 5.41) is 20.8. The van der Waals surface area contributed by atoms with Gasteiger partial charge in [0.2, 0.25) is 0 Å². The highest BCUT2D eigenvalue weighted by atomic mass is 35.5. The Morgan fingerprint density at radius 3 is 2.06 bits per heavy atom. The molecule has 0 heterocycles. The smallest absolute Gasteiger partial charge is 0.309 e. The third kappa shape index (κ3) is 2.92. The summed E-state index contributed by atoms with van der Waals surface area (Å²) in [6.45, 7) is 0. The first-order valence-corrected chi connectivity index (χ1v) is 4.92. The topological polar surface area (TPSA) is 113 Å². The van der Waals surface area contributed by atoms with Crippen LogP contribution in [0.3, 0.4) is 0 Å². The lowest BCUT2D eigenvalue weighted by Crippen LogP contribution is -2.06. The molecule has 1 aromatic carbocycles. The molecule has 0 saturated heterocycles. The van der Waals surface area contributed by atoms with Gasteiger partial charge >= 0.3 is 5.97 Å². The third-order valence-electron chi connectivity index (χ3n) is 2.06. The SMILES string of the molecule is COC(=O)Cc1cc([N+](=O)[O-])c(Cl)c([N+](=O)[O-])c1. The second-order valence-electron chi connectivity index (χ2n) is 3.22. The van der Waals surface area contributed by atoms with Crippen LogP contribution in [0.1, 0.15) is 5.56 Å². The Bertz CT molecular complexity index is 495. The maximum absolute atomic E-state index is 11.0. The highest BCUT2D eigenvalue weighted by Gasteiger charge is 2.25. The van der Waals surface area contributed by atoms with E-state index in [2.05, 4.69) is 4.74 Å². The number of hydrogen-bond acceptors (Lipinski definition) is 6. The van der Waals surface area contributed by atoms with Crippen LogP contribution in [0.4, 0.5) is 11.4 Å². The molecule has 0 N–H and O–H groups in total. The predicted octanol–water partition coefficient (Wildman–Crippen LogP) is 1.87. The summed E-state index contributed by atoms with van der Waals surface area (Å²) in [6, 6.07) is 2.01. The van der Waals surface area contributed by atoms with Crippen molar-refractivity contribution >= 4 is 28.9 Å². The van der Waals surface area contributed by atoms with Crippen LogP contribution in [0.15, 0.2) is 12.1 Å². The van der Waals surface area contributed by atoms with Crippen LogP contribution in [0.2, 0.25) is 5.02 Å². The fourth-order valence-corrected chi connectivity index (χ4v) is 1.50. The third-order valence-corrected chi connectivity index (χ3v) is 2.45. The Kier molecular flexibility index (Phi) is 4.16. The quantitative estimate of drug-likeness (QED) is 0.470. The molecule has 0 aliphatic carbocycles. The van der Waals surface area contributed by atoms with Gasteiger partial charge in [-0.1, -0.05) is 11.6 Å². The van der Waals surface area contributed by atoms with Gasteiger partial charge in [-0.25, -0.2) is 0 Å². The van der Waals surface area contributed by atoms with E-state index in [4.69, 9.17) is 11.6 Å². The summed E-state index contributed by atoms with van der Waals surface area (Å²) < 4.78 is 4.37. The molecule has 0 aliphatic rings. The summed E-state index contributed by atoms with van der Waals surface area (Å²) in [4.78, 5) is 30.7. The van der Waals surface area contributed by atoms with Crippen molar-refractivity contribution in [3.05, 3.63) is 42.9 Å². The van der Waals surface area contributed by atoms with E-state index >= 15 is 0 Å². The second kappa shape index (κ2) is 5.41. The Labute approximate surface area is 105 Å². The molecule has 9 heteroatoms. The minimum atomic E-state index is -0.851. The van der Waals surface area contributed by atoms with E-state index < -0.39 is 32.2 Å². The fourth-order valence-electron chi connectivity index (χ4n) is 1.26. The average molecular weight is 275 g/mol. The minimum absolute atomic E-state index is 0.0876. The van der Waals surface area contributed by atoms with Crippen molar-refractivity contribution in [3.8, 4) is 0 Å². The Hall–Kier alpha value is -2.22. The summed E-state index contributed by atoms with van der Waals surface area (Å²) in [5.41, 5.74) is -1.15. The van der Waals surface area contributed by atoms with E-state index in [0.29, 0.717) is 0 Å². The molecule has 0 bridgehead atoms. The number of hydrogen-bond donors (Lipinski definition) is 0. The second-order valence-corrected chi connectivity index (χ2v) is 3.59. The number of ether oxygens (including phenoxy) is 1. The molecule has 18 heavy (non-hydrogen) atoms. The molecule has 0 fully saturated rings. The van der Waals surface area contributed by atoms with Crippen LogP contribution < -0.4 is 0 Å². The first kappa shape index (κ1) is 13.8. The van der Waals surface area contributed by atoms with Gasteiger partial charge < -0.3 is 4.74 Å². The number of benzene rings is 1. The maximum atomic E-state index is 11.0. The molecular formula is C9H7ClN2O6. The molecule has 0 saturated carbocycles. The number of carbonyl (C=O) groups excluding carboxylic acids is 1. The molecule has 0 aliphatic heterocycles. The first-order chi connectivity index (χ1) is 8.36. The van der Waals surface area contributed by atoms with Crippen LogP contribution in [-0.4, -0.2) is 22.9 Å². The number of esters is 1. The van der Waals surface area contributed by atoms with Gasteiger partial charge in [-0.15, -0.1) is 0 Å². The van der Waals surface area contributed by atoms with Crippen LogP contribution in [0.25, 0.3) is 0 Å². The van der Waals surface area contributed by atoms with Crippen molar-refractivity contribution in [1.29, 1.82) is 0 Å². The van der Waals surface area contributed by atoms with Crippen molar-refractivity contribution in [2.75, 3.05) is 7.11 Å². The van der Waals surface area contributed by atoms with Gasteiger partial charge in [0.25, 0.3) is 11.4 Å². The molecule has 1 aromatic rings. The van der Waals surface area contributed by atoms with Crippen molar-refractivity contribution in [2.24, 2.45) is 0 Å². The van der Waals surface area contributed by atoms with Gasteiger partial charge in [0.15, 0.2) is 5.02 Å². The van der Waals surface area contributed by atoms with Crippen LogP contribution in [-0.2, 0) is 16.0 Å². The lowest BCUT2D eigenvalue weighted by atomic mass is 10.1. The van der Waals surface area contributed by atoms with Gasteiger partial charge in [-0.2, -0.15) is 0 Å². The zero-order valence-corrected chi connectivity index (χ0v) is 9.84. The van der Waals surface area contributed by atoms with E-state index in [9.17, 15) is 25.0 Å². The largest absolute Gasteiger partial charge is 0.469 e. The summed E-state index contributed by atoms with van der Waals surface area (Å²) >= 11 is 5.54. The van der Waals surface area contributed by atoms with Crippen molar-refractivity contribution < 1.29 is 19.4 Å². The van der Waals surface area contributed by atoms with E-state index in [1.807, 2.05) is 0 Å². The number of carbonyl (C=O) groups is 1. The normalized spacial score (nSPS) is 9.89. The Morgan fingerprint density at radius 2 is 1.72 bits per heavy atom.